The summed E-state index contributed by atoms with van der Waals surface area (Å²) in [5, 5.41) is 2.89. The van der Waals surface area contributed by atoms with Gasteiger partial charge in [-0.25, -0.2) is 4.79 Å². The summed E-state index contributed by atoms with van der Waals surface area (Å²) in [6, 6.07) is 19.4. The predicted molar refractivity (Wildman–Crippen MR) is 119 cm³/mol. The summed E-state index contributed by atoms with van der Waals surface area (Å²) in [6.07, 6.45) is -1.12. The van der Waals surface area contributed by atoms with Crippen LogP contribution < -0.4 is 14.8 Å². The molecule has 0 fully saturated rings. The van der Waals surface area contributed by atoms with E-state index in [1.54, 1.807) is 36.4 Å². The van der Waals surface area contributed by atoms with Crippen LogP contribution in [0.2, 0.25) is 0 Å². The summed E-state index contributed by atoms with van der Waals surface area (Å²) < 4.78 is 16.1. The van der Waals surface area contributed by atoms with Gasteiger partial charge in [0.1, 0.15) is 0 Å². The van der Waals surface area contributed by atoms with Crippen LogP contribution in [0.4, 0.5) is 5.69 Å². The van der Waals surface area contributed by atoms with Crippen molar-refractivity contribution in [2.45, 2.75) is 20.0 Å². The van der Waals surface area contributed by atoms with Crippen molar-refractivity contribution in [2.24, 2.45) is 0 Å². The van der Waals surface area contributed by atoms with E-state index in [1.165, 1.54) is 20.3 Å². The maximum absolute atomic E-state index is 13.1. The molecule has 3 rings (SSSR count). The van der Waals surface area contributed by atoms with Crippen LogP contribution in [0.1, 0.15) is 33.2 Å². The van der Waals surface area contributed by atoms with E-state index in [2.05, 4.69) is 5.32 Å². The van der Waals surface area contributed by atoms with E-state index in [-0.39, 0.29) is 5.56 Å². The Labute approximate surface area is 181 Å². The highest BCUT2D eigenvalue weighted by Gasteiger charge is 2.26. The van der Waals surface area contributed by atoms with Gasteiger partial charge < -0.3 is 19.5 Å². The third-order valence-corrected chi connectivity index (χ3v) is 4.84. The fraction of sp³-hybridized carbons (Fsp3) is 0.200. The Bertz CT molecular complexity index is 1080. The zero-order valence-corrected chi connectivity index (χ0v) is 18.0. The van der Waals surface area contributed by atoms with Crippen LogP contribution in [-0.4, -0.2) is 26.1 Å². The largest absolute Gasteiger partial charge is 0.493 e. The van der Waals surface area contributed by atoms with Gasteiger partial charge in [0.2, 0.25) is 6.10 Å². The van der Waals surface area contributed by atoms with Gasteiger partial charge in [-0.3, -0.25) is 4.79 Å². The van der Waals surface area contributed by atoms with Crippen molar-refractivity contribution in [3.63, 3.8) is 0 Å². The van der Waals surface area contributed by atoms with Gasteiger partial charge in [0.05, 0.1) is 19.8 Å². The van der Waals surface area contributed by atoms with Gasteiger partial charge in [-0.05, 0) is 49.2 Å². The number of carbonyl (C=O) groups is 2. The molecule has 6 nitrogen and oxygen atoms in total. The molecule has 0 aliphatic carbocycles. The molecular weight excluding hydrogens is 394 g/mol. The normalized spacial score (nSPS) is 11.4. The first-order valence-electron chi connectivity index (χ1n) is 9.79. The molecule has 0 aliphatic rings. The smallest absolute Gasteiger partial charge is 0.339 e. The highest BCUT2D eigenvalue weighted by atomic mass is 16.5. The Balaban J connectivity index is 1.88. The maximum Gasteiger partial charge on any atom is 0.339 e. The van der Waals surface area contributed by atoms with Gasteiger partial charge in [-0.2, -0.15) is 0 Å². The molecule has 0 unspecified atom stereocenters. The SMILES string of the molecule is COc1ccc(C(=O)O[C@H](C(=O)Nc2cc(C)ccc2C)c2ccccc2)cc1OC. The first kappa shape index (κ1) is 21.9. The molecule has 0 bridgehead atoms. The molecule has 1 atom stereocenters. The summed E-state index contributed by atoms with van der Waals surface area (Å²) >= 11 is 0. The molecular formula is C25H25NO5. The van der Waals surface area contributed by atoms with Gasteiger partial charge >= 0.3 is 5.97 Å². The van der Waals surface area contributed by atoms with Crippen LogP contribution in [0.5, 0.6) is 11.5 Å². The number of ether oxygens (including phenoxy) is 3. The van der Waals surface area contributed by atoms with Crippen LogP contribution >= 0.6 is 0 Å². The summed E-state index contributed by atoms with van der Waals surface area (Å²) in [5.74, 6) is -0.195. The molecule has 6 heteroatoms. The summed E-state index contributed by atoms with van der Waals surface area (Å²) in [7, 11) is 3.00. The molecule has 3 aromatic carbocycles. The van der Waals surface area contributed by atoms with Gasteiger partial charge in [0.25, 0.3) is 5.91 Å². The molecule has 1 amide bonds. The number of hydrogen-bond acceptors (Lipinski definition) is 5. The van der Waals surface area contributed by atoms with E-state index >= 15 is 0 Å². The zero-order chi connectivity index (χ0) is 22.4. The molecule has 160 valence electrons. The molecule has 0 radical (unpaired) electrons. The van der Waals surface area contributed by atoms with Crippen molar-refractivity contribution in [1.82, 2.24) is 0 Å². The summed E-state index contributed by atoms with van der Waals surface area (Å²) in [6.45, 7) is 3.85. The Kier molecular flexibility index (Phi) is 6.92. The average molecular weight is 419 g/mol. The molecule has 0 saturated heterocycles. The van der Waals surface area contributed by atoms with Crippen LogP contribution in [0.15, 0.2) is 66.7 Å². The monoisotopic (exact) mass is 419 g/mol. The number of aryl methyl sites for hydroxylation is 2. The van der Waals surface area contributed by atoms with E-state index in [1.807, 2.05) is 38.1 Å². The third-order valence-electron chi connectivity index (χ3n) is 4.84. The minimum Gasteiger partial charge on any atom is -0.493 e. The molecule has 3 aromatic rings. The molecule has 0 spiro atoms. The number of benzene rings is 3. The number of nitrogens with one attached hydrogen (secondary N) is 1. The fourth-order valence-electron chi connectivity index (χ4n) is 3.11. The lowest BCUT2D eigenvalue weighted by atomic mass is 10.1. The predicted octanol–water partition coefficient (Wildman–Crippen LogP) is 4.86. The van der Waals surface area contributed by atoms with E-state index < -0.39 is 18.0 Å². The number of anilines is 1. The number of hydrogen-bond donors (Lipinski definition) is 1. The number of carbonyl (C=O) groups excluding carboxylic acids is 2. The van der Waals surface area contributed by atoms with Crippen LogP contribution in [0, 0.1) is 13.8 Å². The second kappa shape index (κ2) is 9.80. The standard InChI is InChI=1S/C25H25NO5/c1-16-10-11-17(2)20(14-16)26-24(27)23(18-8-6-5-7-9-18)31-25(28)19-12-13-21(29-3)22(15-19)30-4/h5-15,23H,1-4H3,(H,26,27)/t23-/m0/s1. The van der Waals surface area contributed by atoms with Crippen molar-refractivity contribution in [1.29, 1.82) is 0 Å². The topological polar surface area (TPSA) is 73.9 Å². The Morgan fingerprint density at radius 1 is 0.839 bits per heavy atom. The van der Waals surface area contributed by atoms with Crippen molar-refractivity contribution in [2.75, 3.05) is 19.5 Å². The maximum atomic E-state index is 13.1. The molecule has 31 heavy (non-hydrogen) atoms. The minimum atomic E-state index is -1.12. The second-order valence-electron chi connectivity index (χ2n) is 7.07. The lowest BCUT2D eigenvalue weighted by Gasteiger charge is -2.19. The highest BCUT2D eigenvalue weighted by Crippen LogP contribution is 2.29. The van der Waals surface area contributed by atoms with Crippen LogP contribution in [0.25, 0.3) is 0 Å². The van der Waals surface area contributed by atoms with E-state index in [0.717, 1.165) is 11.1 Å². The quantitative estimate of drug-likeness (QED) is 0.554. The zero-order valence-electron chi connectivity index (χ0n) is 18.0. The molecule has 0 aliphatic heterocycles. The minimum absolute atomic E-state index is 0.248. The second-order valence-corrected chi connectivity index (χ2v) is 7.07. The summed E-state index contributed by atoms with van der Waals surface area (Å²) in [4.78, 5) is 26.0. The number of rotatable bonds is 7. The molecule has 0 saturated carbocycles. The third kappa shape index (κ3) is 5.22. The molecule has 0 heterocycles. The number of esters is 1. The number of amides is 1. The van der Waals surface area contributed by atoms with Crippen molar-refractivity contribution >= 4 is 17.6 Å². The molecule has 0 aromatic heterocycles. The highest BCUT2D eigenvalue weighted by molar-refractivity contribution is 5.98. The van der Waals surface area contributed by atoms with E-state index in [0.29, 0.717) is 22.7 Å². The van der Waals surface area contributed by atoms with Gasteiger partial charge in [0, 0.05) is 11.3 Å². The molecule has 1 N–H and O–H groups in total. The van der Waals surface area contributed by atoms with E-state index in [4.69, 9.17) is 14.2 Å². The van der Waals surface area contributed by atoms with Gasteiger partial charge in [-0.1, -0.05) is 42.5 Å². The van der Waals surface area contributed by atoms with Crippen molar-refractivity contribution in [3.05, 3.63) is 89.0 Å². The Morgan fingerprint density at radius 3 is 2.23 bits per heavy atom. The van der Waals surface area contributed by atoms with Crippen LogP contribution in [0.3, 0.4) is 0 Å². The average Bonchev–Trinajstić information content (AvgIpc) is 2.79. The Morgan fingerprint density at radius 2 is 1.55 bits per heavy atom. The lowest BCUT2D eigenvalue weighted by molar-refractivity contribution is -0.125. The van der Waals surface area contributed by atoms with E-state index in [9.17, 15) is 9.59 Å². The van der Waals surface area contributed by atoms with Crippen molar-refractivity contribution < 1.29 is 23.8 Å². The lowest BCUT2D eigenvalue weighted by Crippen LogP contribution is -2.26. The van der Waals surface area contributed by atoms with Gasteiger partial charge in [-0.15, -0.1) is 0 Å². The first-order valence-corrected chi connectivity index (χ1v) is 9.79. The van der Waals surface area contributed by atoms with Gasteiger partial charge in [0.15, 0.2) is 11.5 Å². The number of methoxy groups -OCH3 is 2. The first-order chi connectivity index (χ1) is 14.9. The Hall–Kier alpha value is -3.80. The fourth-order valence-corrected chi connectivity index (χ4v) is 3.11. The van der Waals surface area contributed by atoms with Crippen molar-refractivity contribution in [3.8, 4) is 11.5 Å². The summed E-state index contributed by atoms with van der Waals surface area (Å²) in [5.41, 5.74) is 3.42. The van der Waals surface area contributed by atoms with Crippen LogP contribution in [-0.2, 0) is 9.53 Å².